The molecule has 148 valence electrons. The molecule has 3 aromatic rings. The highest BCUT2D eigenvalue weighted by Gasteiger charge is 2.47. The number of hydrogen-bond acceptors (Lipinski definition) is 4. The van der Waals surface area contributed by atoms with E-state index in [4.69, 9.17) is 4.74 Å². The van der Waals surface area contributed by atoms with Gasteiger partial charge in [-0.25, -0.2) is 4.79 Å². The van der Waals surface area contributed by atoms with Crippen molar-refractivity contribution in [1.29, 1.82) is 0 Å². The fourth-order valence-electron chi connectivity index (χ4n) is 4.26. The zero-order chi connectivity index (χ0) is 20.6. The zero-order valence-electron chi connectivity index (χ0n) is 16.3. The van der Waals surface area contributed by atoms with Gasteiger partial charge in [-0.05, 0) is 36.0 Å². The van der Waals surface area contributed by atoms with Gasteiger partial charge in [0.05, 0.1) is 12.7 Å². The molecule has 2 N–H and O–H groups in total. The summed E-state index contributed by atoms with van der Waals surface area (Å²) in [5, 5.41) is 3.91. The molecule has 0 fully saturated rings. The Hall–Kier alpha value is -3.41. The first-order chi connectivity index (χ1) is 14.0. The molecular weight excluding hydrogens is 368 g/mol. The largest absolute Gasteiger partial charge is 0.467 e. The van der Waals surface area contributed by atoms with Crippen LogP contribution in [0, 0.1) is 0 Å². The van der Waals surface area contributed by atoms with Crippen molar-refractivity contribution < 1.29 is 14.3 Å². The van der Waals surface area contributed by atoms with Crippen LogP contribution in [-0.2, 0) is 15.1 Å². The molecule has 0 saturated heterocycles. The number of aromatic amines is 1. The van der Waals surface area contributed by atoms with Crippen LogP contribution in [0.2, 0.25) is 0 Å². The predicted octanol–water partition coefficient (Wildman–Crippen LogP) is 3.22. The molecule has 0 aliphatic heterocycles. The van der Waals surface area contributed by atoms with Crippen LogP contribution in [0.1, 0.15) is 47.2 Å². The van der Waals surface area contributed by atoms with Crippen molar-refractivity contribution in [3.05, 3.63) is 81.8 Å². The highest BCUT2D eigenvalue weighted by molar-refractivity contribution is 6.08. The summed E-state index contributed by atoms with van der Waals surface area (Å²) < 4.78 is 5.12. The van der Waals surface area contributed by atoms with Crippen LogP contribution >= 0.6 is 0 Å². The third-order valence-corrected chi connectivity index (χ3v) is 5.82. The van der Waals surface area contributed by atoms with Gasteiger partial charge in [-0.15, -0.1) is 0 Å². The van der Waals surface area contributed by atoms with Crippen molar-refractivity contribution in [2.45, 2.75) is 31.2 Å². The summed E-state index contributed by atoms with van der Waals surface area (Å²) in [5.41, 5.74) is 0.548. The van der Waals surface area contributed by atoms with Gasteiger partial charge in [-0.2, -0.15) is 0 Å². The van der Waals surface area contributed by atoms with Crippen LogP contribution in [-0.4, -0.2) is 24.0 Å². The Kier molecular flexibility index (Phi) is 4.70. The average molecular weight is 390 g/mol. The molecule has 1 heterocycles. The van der Waals surface area contributed by atoms with E-state index in [1.54, 1.807) is 24.3 Å². The van der Waals surface area contributed by atoms with Crippen molar-refractivity contribution in [3.8, 4) is 0 Å². The van der Waals surface area contributed by atoms with Gasteiger partial charge in [0.1, 0.15) is 0 Å². The Labute approximate surface area is 167 Å². The van der Waals surface area contributed by atoms with E-state index in [0.717, 1.165) is 17.5 Å². The topological polar surface area (TPSA) is 88.3 Å². The molecule has 0 radical (unpaired) electrons. The van der Waals surface area contributed by atoms with E-state index in [-0.39, 0.29) is 11.5 Å². The molecule has 0 saturated carbocycles. The first-order valence-electron chi connectivity index (χ1n) is 9.58. The number of nitrogens with one attached hydrogen (secondary N) is 2. The molecule has 2 unspecified atom stereocenters. The number of H-pyrrole nitrogens is 1. The lowest BCUT2D eigenvalue weighted by Gasteiger charge is -2.39. The van der Waals surface area contributed by atoms with Gasteiger partial charge in [-0.3, -0.25) is 9.59 Å². The minimum absolute atomic E-state index is 0.267. The monoisotopic (exact) mass is 390 g/mol. The molecular formula is C23H22N2O4. The Morgan fingerprint density at radius 2 is 1.79 bits per heavy atom. The molecule has 1 aliphatic rings. The number of ether oxygens (including phenoxy) is 1. The highest BCUT2D eigenvalue weighted by atomic mass is 16.5. The number of amides is 1. The molecule has 1 aromatic heterocycles. The Balaban J connectivity index is 1.84. The minimum atomic E-state index is -1.27. The molecule has 0 bridgehead atoms. The molecule has 0 spiro atoms. The fraction of sp³-hybridized carbons (Fsp3) is 0.261. The van der Waals surface area contributed by atoms with Crippen LogP contribution in [0.25, 0.3) is 10.8 Å². The summed E-state index contributed by atoms with van der Waals surface area (Å²) in [6.45, 7) is 2.11. The summed E-state index contributed by atoms with van der Waals surface area (Å²) in [6.07, 6.45) is 2.56. The second-order valence-electron chi connectivity index (χ2n) is 7.46. The Morgan fingerprint density at radius 1 is 1.10 bits per heavy atom. The normalized spacial score (nSPS) is 20.7. The predicted molar refractivity (Wildman–Crippen MR) is 110 cm³/mol. The van der Waals surface area contributed by atoms with E-state index >= 15 is 0 Å². The molecule has 6 heteroatoms. The average Bonchev–Trinajstić information content (AvgIpc) is 2.76. The maximum Gasteiger partial charge on any atom is 0.336 e. The van der Waals surface area contributed by atoms with Gasteiger partial charge >= 0.3 is 5.97 Å². The van der Waals surface area contributed by atoms with E-state index in [1.807, 2.05) is 24.3 Å². The molecule has 2 aromatic carbocycles. The number of hydrogen-bond donors (Lipinski definition) is 2. The van der Waals surface area contributed by atoms with Crippen molar-refractivity contribution in [3.63, 3.8) is 0 Å². The minimum Gasteiger partial charge on any atom is -0.467 e. The van der Waals surface area contributed by atoms with Crippen molar-refractivity contribution in [2.75, 3.05) is 7.11 Å². The van der Waals surface area contributed by atoms with E-state index in [2.05, 4.69) is 17.2 Å². The van der Waals surface area contributed by atoms with Crippen molar-refractivity contribution in [2.24, 2.45) is 0 Å². The number of fused-ring (bicyclic) bond motifs is 2. The molecule has 2 atom stereocenters. The van der Waals surface area contributed by atoms with Crippen LogP contribution < -0.4 is 10.9 Å². The summed E-state index contributed by atoms with van der Waals surface area (Å²) in [4.78, 5) is 41.0. The number of pyridine rings is 1. The Morgan fingerprint density at radius 3 is 2.55 bits per heavy atom. The quantitative estimate of drug-likeness (QED) is 0.672. The SMILES string of the molecule is COC(=O)C1(NC(=O)c2c[nH]c(=O)c3ccccc23)CCC(C)c2ccccc21. The zero-order valence-corrected chi connectivity index (χ0v) is 16.3. The fourth-order valence-corrected chi connectivity index (χ4v) is 4.26. The number of carbonyl (C=O) groups is 2. The number of aromatic nitrogens is 1. The number of methoxy groups -OCH3 is 1. The second-order valence-corrected chi connectivity index (χ2v) is 7.46. The number of rotatable bonds is 3. The molecule has 6 nitrogen and oxygen atoms in total. The van der Waals surface area contributed by atoms with Crippen molar-refractivity contribution in [1.82, 2.24) is 10.3 Å². The second kappa shape index (κ2) is 7.20. The van der Waals surface area contributed by atoms with Gasteiger partial charge in [0.25, 0.3) is 11.5 Å². The van der Waals surface area contributed by atoms with Crippen molar-refractivity contribution >= 4 is 22.6 Å². The van der Waals surface area contributed by atoms with Gasteiger partial charge < -0.3 is 15.0 Å². The number of esters is 1. The number of carbonyl (C=O) groups excluding carboxylic acids is 2. The van der Waals surface area contributed by atoms with Gasteiger partial charge in [0, 0.05) is 17.0 Å². The summed E-state index contributed by atoms with van der Waals surface area (Å²) in [5.74, 6) is -0.666. The summed E-state index contributed by atoms with van der Waals surface area (Å²) in [6, 6.07) is 14.5. The summed E-state index contributed by atoms with van der Waals surface area (Å²) in [7, 11) is 1.33. The molecule has 1 aliphatic carbocycles. The first kappa shape index (κ1) is 18.9. The van der Waals surface area contributed by atoms with Gasteiger partial charge in [-0.1, -0.05) is 49.4 Å². The molecule has 4 rings (SSSR count). The number of benzene rings is 2. The van der Waals surface area contributed by atoms with E-state index < -0.39 is 17.4 Å². The molecule has 29 heavy (non-hydrogen) atoms. The van der Waals surface area contributed by atoms with Crippen LogP contribution in [0.15, 0.2) is 59.5 Å². The van der Waals surface area contributed by atoms with E-state index in [1.165, 1.54) is 13.3 Å². The van der Waals surface area contributed by atoms with Crippen LogP contribution in [0.4, 0.5) is 0 Å². The third kappa shape index (κ3) is 3.01. The standard InChI is InChI=1S/C23H22N2O4/c1-14-11-12-23(22(28)29-2,19-10-6-5-7-15(14)19)25-21(27)18-13-24-20(26)17-9-4-3-8-16(17)18/h3-10,13-14H,11-12H2,1-2H3,(H,24,26)(H,25,27). The molecule has 1 amide bonds. The highest BCUT2D eigenvalue weighted by Crippen LogP contribution is 2.42. The smallest absolute Gasteiger partial charge is 0.336 e. The van der Waals surface area contributed by atoms with E-state index in [0.29, 0.717) is 22.8 Å². The Bertz CT molecular complexity index is 1170. The summed E-state index contributed by atoms with van der Waals surface area (Å²) >= 11 is 0. The third-order valence-electron chi connectivity index (χ3n) is 5.82. The lowest BCUT2D eigenvalue weighted by molar-refractivity contribution is -0.149. The van der Waals surface area contributed by atoms with Gasteiger partial charge in [0.15, 0.2) is 5.54 Å². The lowest BCUT2D eigenvalue weighted by Crippen LogP contribution is -2.54. The maximum atomic E-state index is 13.3. The van der Waals surface area contributed by atoms with Gasteiger partial charge in [0.2, 0.25) is 0 Å². The van der Waals surface area contributed by atoms with Crippen LogP contribution in [0.5, 0.6) is 0 Å². The first-order valence-corrected chi connectivity index (χ1v) is 9.58. The maximum absolute atomic E-state index is 13.3. The van der Waals surface area contributed by atoms with E-state index in [9.17, 15) is 14.4 Å². The lowest BCUT2D eigenvalue weighted by atomic mass is 9.72. The van der Waals surface area contributed by atoms with Crippen LogP contribution in [0.3, 0.4) is 0 Å².